The Bertz CT molecular complexity index is 1850. The SMILES string of the molecule is CN(Cc1cc2ccccc2n1CCC(=O)N[C@@H](CCC(=O)O)C(=O)NCCOCCOCCN)N(C)C(=O)OCC1c2ccccc2-c2ccccc21. The van der Waals surface area contributed by atoms with Gasteiger partial charge in [0.15, 0.2) is 0 Å². The van der Waals surface area contributed by atoms with Gasteiger partial charge in [-0.05, 0) is 46.2 Å². The van der Waals surface area contributed by atoms with Crippen molar-refractivity contribution in [3.05, 3.63) is 95.7 Å². The molecule has 14 nitrogen and oxygen atoms in total. The largest absolute Gasteiger partial charge is 0.481 e. The quantitative estimate of drug-likeness (QED) is 0.0727. The smallest absolute Gasteiger partial charge is 0.424 e. The number of para-hydroxylation sites is 1. The van der Waals surface area contributed by atoms with Crippen molar-refractivity contribution in [2.45, 2.75) is 44.3 Å². The standard InChI is InChI=1S/C40H50N6O8/c1-44(45(2)40(51)54-27-34-32-12-6-4-10-30(32)31-11-5-7-13-33(31)34)26-29-25-28-9-3-8-14-36(28)46(29)20-17-37(47)43-35(15-16-38(48)49)39(50)42-19-22-53-24-23-52-21-18-41/h3-14,25,34-35H,15-24,26-27,41H2,1-2H3,(H,42,50)(H,43,47)(H,48,49)/t35-/m0/s1. The van der Waals surface area contributed by atoms with Crippen LogP contribution >= 0.6 is 0 Å². The predicted molar refractivity (Wildman–Crippen MR) is 203 cm³/mol. The number of hydrogen-bond donors (Lipinski definition) is 4. The van der Waals surface area contributed by atoms with E-state index < -0.39 is 29.9 Å². The van der Waals surface area contributed by atoms with E-state index >= 15 is 0 Å². The van der Waals surface area contributed by atoms with Gasteiger partial charge in [0.25, 0.3) is 0 Å². The molecule has 1 aromatic heterocycles. The summed E-state index contributed by atoms with van der Waals surface area (Å²) in [4.78, 5) is 50.8. The van der Waals surface area contributed by atoms with E-state index in [-0.39, 0.29) is 51.5 Å². The van der Waals surface area contributed by atoms with Gasteiger partial charge in [0.1, 0.15) is 12.6 Å². The molecule has 0 unspecified atom stereocenters. The average molecular weight is 743 g/mol. The summed E-state index contributed by atoms with van der Waals surface area (Å²) < 4.78 is 18.6. The van der Waals surface area contributed by atoms with Gasteiger partial charge in [-0.25, -0.2) is 14.8 Å². The Hall–Kier alpha value is -5.28. The number of rotatable bonds is 21. The van der Waals surface area contributed by atoms with Crippen LogP contribution < -0.4 is 16.4 Å². The number of aryl methyl sites for hydroxylation is 1. The van der Waals surface area contributed by atoms with Crippen molar-refractivity contribution in [3.63, 3.8) is 0 Å². The minimum atomic E-state index is -1.07. The van der Waals surface area contributed by atoms with Gasteiger partial charge in [0.05, 0.1) is 33.0 Å². The Kier molecular flexibility index (Phi) is 14.6. The number of benzene rings is 3. The number of carbonyl (C=O) groups is 4. The minimum Gasteiger partial charge on any atom is -0.481 e. The zero-order valence-electron chi connectivity index (χ0n) is 30.9. The number of aromatic nitrogens is 1. The molecule has 0 radical (unpaired) electrons. The molecule has 0 saturated carbocycles. The number of hydrogen-bond acceptors (Lipinski definition) is 9. The van der Waals surface area contributed by atoms with Gasteiger partial charge in [0.2, 0.25) is 11.8 Å². The van der Waals surface area contributed by atoms with Crippen LogP contribution in [0.3, 0.4) is 0 Å². The highest BCUT2D eigenvalue weighted by Gasteiger charge is 2.30. The van der Waals surface area contributed by atoms with Gasteiger partial charge in [-0.3, -0.25) is 14.4 Å². The van der Waals surface area contributed by atoms with Crippen LogP contribution in [-0.4, -0.2) is 110 Å². The van der Waals surface area contributed by atoms with Gasteiger partial charge in [0, 0.05) is 63.7 Å². The van der Waals surface area contributed by atoms with Gasteiger partial charge in [-0.15, -0.1) is 0 Å². The van der Waals surface area contributed by atoms with Crippen LogP contribution in [0.25, 0.3) is 22.0 Å². The molecule has 5 N–H and O–H groups in total. The van der Waals surface area contributed by atoms with E-state index in [0.29, 0.717) is 32.9 Å². The summed E-state index contributed by atoms with van der Waals surface area (Å²) in [5.41, 5.74) is 11.7. The van der Waals surface area contributed by atoms with Crippen LogP contribution in [0.5, 0.6) is 0 Å². The molecule has 5 rings (SSSR count). The topological polar surface area (TPSA) is 178 Å². The van der Waals surface area contributed by atoms with E-state index in [0.717, 1.165) is 38.9 Å². The first-order chi connectivity index (χ1) is 26.2. The maximum atomic E-state index is 13.3. The number of carboxylic acid groups (broad SMARTS) is 1. The molecule has 0 fully saturated rings. The maximum Gasteiger partial charge on any atom is 0.424 e. The first-order valence-electron chi connectivity index (χ1n) is 18.2. The molecular formula is C40H50N6O8. The Morgan fingerprint density at radius 1 is 0.870 bits per heavy atom. The van der Waals surface area contributed by atoms with Crippen molar-refractivity contribution in [1.82, 2.24) is 25.2 Å². The molecule has 14 heteroatoms. The second-order valence-corrected chi connectivity index (χ2v) is 13.1. The first kappa shape index (κ1) is 39.9. The van der Waals surface area contributed by atoms with E-state index in [1.165, 1.54) is 5.01 Å². The van der Waals surface area contributed by atoms with Crippen LogP contribution in [0.15, 0.2) is 78.9 Å². The number of nitrogens with zero attached hydrogens (tertiary/aromatic N) is 3. The van der Waals surface area contributed by atoms with Crippen LogP contribution in [0.4, 0.5) is 4.79 Å². The third-order valence-electron chi connectivity index (χ3n) is 9.44. The molecule has 3 aromatic carbocycles. The zero-order chi connectivity index (χ0) is 38.5. The molecule has 4 aromatic rings. The van der Waals surface area contributed by atoms with Crippen molar-refractivity contribution >= 4 is 34.8 Å². The number of fused-ring (bicyclic) bond motifs is 4. The van der Waals surface area contributed by atoms with Crippen molar-refractivity contribution in [3.8, 4) is 11.1 Å². The highest BCUT2D eigenvalue weighted by molar-refractivity contribution is 5.88. The van der Waals surface area contributed by atoms with Crippen molar-refractivity contribution in [2.75, 3.05) is 60.2 Å². The number of hydrazine groups is 1. The molecule has 1 aliphatic carbocycles. The molecular weight excluding hydrogens is 692 g/mol. The summed E-state index contributed by atoms with van der Waals surface area (Å²) in [6.45, 7) is 2.81. The minimum absolute atomic E-state index is 0.0281. The summed E-state index contributed by atoms with van der Waals surface area (Å²) in [6, 6.07) is 25.1. The number of nitrogens with two attached hydrogens (primary N) is 1. The Morgan fingerprint density at radius 3 is 2.20 bits per heavy atom. The Morgan fingerprint density at radius 2 is 1.52 bits per heavy atom. The molecule has 0 spiro atoms. The lowest BCUT2D eigenvalue weighted by Crippen LogP contribution is -2.47. The molecule has 0 aliphatic heterocycles. The van der Waals surface area contributed by atoms with E-state index in [1.54, 1.807) is 19.1 Å². The van der Waals surface area contributed by atoms with Crippen molar-refractivity contribution in [2.24, 2.45) is 5.73 Å². The molecule has 0 saturated heterocycles. The number of aliphatic carboxylic acids is 1. The van der Waals surface area contributed by atoms with E-state index in [2.05, 4.69) is 34.9 Å². The third kappa shape index (κ3) is 10.4. The molecule has 1 heterocycles. The summed E-state index contributed by atoms with van der Waals surface area (Å²) in [5, 5.41) is 18.8. The zero-order valence-corrected chi connectivity index (χ0v) is 30.9. The monoisotopic (exact) mass is 742 g/mol. The second kappa shape index (κ2) is 19.7. The molecule has 0 bridgehead atoms. The van der Waals surface area contributed by atoms with Gasteiger partial charge < -0.3 is 40.3 Å². The highest BCUT2D eigenvalue weighted by Crippen LogP contribution is 2.44. The molecule has 1 atom stereocenters. The fourth-order valence-electron chi connectivity index (χ4n) is 6.62. The van der Waals surface area contributed by atoms with Gasteiger partial charge in [-0.2, -0.15) is 0 Å². The Balaban J connectivity index is 1.17. The predicted octanol–water partition coefficient (Wildman–Crippen LogP) is 3.72. The fraction of sp³-hybridized carbons (Fsp3) is 0.400. The van der Waals surface area contributed by atoms with E-state index in [4.69, 9.17) is 19.9 Å². The average Bonchev–Trinajstić information content (AvgIpc) is 3.69. The lowest BCUT2D eigenvalue weighted by Gasteiger charge is -2.28. The summed E-state index contributed by atoms with van der Waals surface area (Å²) in [7, 11) is 3.45. The third-order valence-corrected chi connectivity index (χ3v) is 9.44. The van der Waals surface area contributed by atoms with Crippen LogP contribution in [-0.2, 0) is 41.7 Å². The summed E-state index contributed by atoms with van der Waals surface area (Å²) in [5.74, 6) is -2.02. The number of carbonyl (C=O) groups excluding carboxylic acids is 3. The van der Waals surface area contributed by atoms with Crippen molar-refractivity contribution < 1.29 is 38.5 Å². The van der Waals surface area contributed by atoms with E-state index in [9.17, 15) is 24.3 Å². The number of nitrogens with one attached hydrogen (secondary N) is 2. The normalized spacial score (nSPS) is 12.7. The van der Waals surface area contributed by atoms with E-state index in [1.807, 2.05) is 59.2 Å². The van der Waals surface area contributed by atoms with Crippen molar-refractivity contribution in [1.29, 1.82) is 0 Å². The fourth-order valence-corrected chi connectivity index (χ4v) is 6.62. The lowest BCUT2D eigenvalue weighted by atomic mass is 9.98. The van der Waals surface area contributed by atoms with Crippen LogP contribution in [0, 0.1) is 0 Å². The number of amides is 3. The highest BCUT2D eigenvalue weighted by atomic mass is 16.6. The Labute approximate surface area is 315 Å². The number of carboxylic acids is 1. The molecule has 1 aliphatic rings. The van der Waals surface area contributed by atoms with Crippen LogP contribution in [0.2, 0.25) is 0 Å². The molecule has 54 heavy (non-hydrogen) atoms. The van der Waals surface area contributed by atoms with Gasteiger partial charge >= 0.3 is 12.1 Å². The summed E-state index contributed by atoms with van der Waals surface area (Å²) in [6.07, 6.45) is -0.815. The van der Waals surface area contributed by atoms with Crippen LogP contribution in [0.1, 0.15) is 42.0 Å². The van der Waals surface area contributed by atoms with Gasteiger partial charge in [-0.1, -0.05) is 66.7 Å². The first-order valence-corrected chi connectivity index (χ1v) is 18.2. The summed E-state index contributed by atoms with van der Waals surface area (Å²) >= 11 is 0. The maximum absolute atomic E-state index is 13.3. The molecule has 3 amide bonds. The number of ether oxygens (including phenoxy) is 3. The molecule has 288 valence electrons. The lowest BCUT2D eigenvalue weighted by molar-refractivity contribution is -0.138. The second-order valence-electron chi connectivity index (χ2n) is 13.1.